The van der Waals surface area contributed by atoms with Crippen LogP contribution in [0.3, 0.4) is 0 Å². The molecule has 1 aliphatic carbocycles. The molecular formula is C41H42O10. The summed E-state index contributed by atoms with van der Waals surface area (Å²) in [5.41, 5.74) is 2.95. The van der Waals surface area contributed by atoms with Crippen molar-refractivity contribution in [2.24, 2.45) is 11.8 Å². The van der Waals surface area contributed by atoms with Crippen molar-refractivity contribution in [1.29, 1.82) is 0 Å². The van der Waals surface area contributed by atoms with Crippen molar-refractivity contribution in [3.05, 3.63) is 101 Å². The van der Waals surface area contributed by atoms with Gasteiger partial charge in [-0.05, 0) is 72.2 Å². The fraction of sp³-hybridized carbons (Fsp3) is 0.390. The molecule has 266 valence electrons. The van der Waals surface area contributed by atoms with Gasteiger partial charge in [0.15, 0.2) is 11.5 Å². The molecular weight excluding hydrogens is 652 g/mol. The second kappa shape index (κ2) is 17.2. The van der Waals surface area contributed by atoms with Crippen LogP contribution in [0.4, 0.5) is 0 Å². The second-order valence-electron chi connectivity index (χ2n) is 13.3. The third-order valence-electron chi connectivity index (χ3n) is 9.76. The fourth-order valence-corrected chi connectivity index (χ4v) is 7.07. The highest BCUT2D eigenvalue weighted by Gasteiger charge is 2.53. The smallest absolute Gasteiger partial charge is 0.321 e. The zero-order chi connectivity index (χ0) is 35.6. The lowest BCUT2D eigenvalue weighted by atomic mass is 9.67. The van der Waals surface area contributed by atoms with Gasteiger partial charge in [0, 0.05) is 5.56 Å². The number of carbonyl (C=O) groups is 5. The van der Waals surface area contributed by atoms with Crippen molar-refractivity contribution in [2.75, 3.05) is 13.2 Å². The van der Waals surface area contributed by atoms with Gasteiger partial charge in [-0.3, -0.25) is 24.0 Å². The molecule has 0 aromatic heterocycles. The van der Waals surface area contributed by atoms with Gasteiger partial charge in [-0.1, -0.05) is 93.1 Å². The van der Waals surface area contributed by atoms with E-state index in [1.165, 1.54) is 0 Å². The van der Waals surface area contributed by atoms with Crippen molar-refractivity contribution >= 4 is 35.7 Å². The first-order valence-corrected chi connectivity index (χ1v) is 17.8. The molecule has 0 radical (unpaired) electrons. The maximum absolute atomic E-state index is 12.6. The third kappa shape index (κ3) is 9.18. The summed E-state index contributed by atoms with van der Waals surface area (Å²) in [6.07, 6.45) is 12.0. The maximum atomic E-state index is 12.6. The van der Waals surface area contributed by atoms with Crippen molar-refractivity contribution in [3.63, 3.8) is 0 Å². The zero-order valence-electron chi connectivity index (χ0n) is 28.5. The number of ether oxygens (including phenoxy) is 3. The molecule has 3 aliphatic rings. The van der Waals surface area contributed by atoms with Gasteiger partial charge in [0.25, 0.3) is 0 Å². The Hall–Kier alpha value is -5.09. The topological polar surface area (TPSA) is 132 Å². The van der Waals surface area contributed by atoms with Crippen LogP contribution in [0.2, 0.25) is 0 Å². The number of esters is 4. The fourth-order valence-electron chi connectivity index (χ4n) is 7.07. The van der Waals surface area contributed by atoms with Gasteiger partial charge in [-0.25, -0.2) is 0 Å². The first kappa shape index (κ1) is 35.7. The van der Waals surface area contributed by atoms with E-state index in [1.54, 1.807) is 30.4 Å². The Morgan fingerprint density at radius 2 is 1.33 bits per heavy atom. The Morgan fingerprint density at radius 3 is 2.04 bits per heavy atom. The predicted molar refractivity (Wildman–Crippen MR) is 186 cm³/mol. The van der Waals surface area contributed by atoms with E-state index < -0.39 is 47.5 Å². The first-order valence-electron chi connectivity index (χ1n) is 17.8. The number of ketones is 1. The van der Waals surface area contributed by atoms with Crippen LogP contribution in [0.1, 0.15) is 103 Å². The van der Waals surface area contributed by atoms with Gasteiger partial charge < -0.3 is 19.1 Å². The van der Waals surface area contributed by atoms with Crippen LogP contribution in [0, 0.1) is 11.8 Å². The lowest BCUT2D eigenvalue weighted by Gasteiger charge is -2.33. The lowest BCUT2D eigenvalue weighted by molar-refractivity contribution is -0.207. The Balaban J connectivity index is 0.825. The van der Waals surface area contributed by atoms with Crippen LogP contribution in [-0.4, -0.2) is 42.9 Å². The Labute approximate surface area is 297 Å². The van der Waals surface area contributed by atoms with Crippen molar-refractivity contribution < 1.29 is 48.0 Å². The molecule has 2 fully saturated rings. The molecule has 2 saturated heterocycles. The number of unbranched alkanes of at least 4 members (excludes halogenated alkanes) is 7. The molecule has 0 bridgehead atoms. The molecule has 0 saturated carbocycles. The molecule has 6 rings (SSSR count). The van der Waals surface area contributed by atoms with Gasteiger partial charge in [-0.2, -0.15) is 4.89 Å². The van der Waals surface area contributed by atoms with Crippen LogP contribution >= 0.6 is 0 Å². The zero-order valence-corrected chi connectivity index (χ0v) is 28.5. The summed E-state index contributed by atoms with van der Waals surface area (Å²) in [7, 11) is 0. The van der Waals surface area contributed by atoms with Crippen LogP contribution in [0.25, 0.3) is 6.08 Å². The second-order valence-corrected chi connectivity index (χ2v) is 13.3. The van der Waals surface area contributed by atoms with E-state index in [0.717, 1.165) is 62.5 Å². The van der Waals surface area contributed by atoms with Gasteiger partial charge in [-0.15, -0.1) is 0 Å². The van der Waals surface area contributed by atoms with Crippen molar-refractivity contribution in [2.45, 2.75) is 76.0 Å². The standard InChI is InChI=1S/C41H42O10/c42-36(28-12-8-7-9-13-28)21-16-27-14-17-29(18-15-27)51-48-23-11-6-4-2-1-3-5-10-22-47-30-19-20-31-32(34-26-37(43)49-39(34)44)25-35-38(33(31)24-30)41(46)50-40(35)45/h7-9,12-21,24,32,34-35,38H,1-6,10-11,22-23,25-26H2/b21-16+. The first-order chi connectivity index (χ1) is 24.9. The lowest BCUT2D eigenvalue weighted by Crippen LogP contribution is -2.31. The summed E-state index contributed by atoms with van der Waals surface area (Å²) in [6.45, 7) is 1.04. The van der Waals surface area contributed by atoms with Crippen LogP contribution in [-0.2, 0) is 33.5 Å². The van der Waals surface area contributed by atoms with E-state index in [-0.39, 0.29) is 18.6 Å². The number of fused-ring (bicyclic) bond motifs is 3. The number of carbonyl (C=O) groups excluding carboxylic acids is 5. The molecule has 4 atom stereocenters. The largest absolute Gasteiger partial charge is 0.494 e. The molecule has 4 unspecified atom stereocenters. The van der Waals surface area contributed by atoms with E-state index in [1.807, 2.05) is 54.6 Å². The van der Waals surface area contributed by atoms with Crippen LogP contribution in [0.5, 0.6) is 11.5 Å². The monoisotopic (exact) mass is 694 g/mol. The maximum Gasteiger partial charge on any atom is 0.321 e. The number of allylic oxidation sites excluding steroid dienone is 1. The summed E-state index contributed by atoms with van der Waals surface area (Å²) < 4.78 is 15.8. The highest BCUT2D eigenvalue weighted by atomic mass is 17.2. The summed E-state index contributed by atoms with van der Waals surface area (Å²) in [4.78, 5) is 72.2. The minimum Gasteiger partial charge on any atom is -0.494 e. The number of cyclic esters (lactones) is 4. The number of hydrogen-bond donors (Lipinski definition) is 0. The summed E-state index contributed by atoms with van der Waals surface area (Å²) >= 11 is 0. The number of benzene rings is 3. The molecule has 10 heteroatoms. The van der Waals surface area contributed by atoms with E-state index in [0.29, 0.717) is 35.8 Å². The molecule has 0 spiro atoms. The minimum absolute atomic E-state index is 0.0393. The van der Waals surface area contributed by atoms with Gasteiger partial charge in [0.1, 0.15) is 5.75 Å². The molecule has 3 aromatic rings. The summed E-state index contributed by atoms with van der Waals surface area (Å²) in [5, 5.41) is 0. The highest BCUT2D eigenvalue weighted by Crippen LogP contribution is 2.51. The van der Waals surface area contributed by atoms with Gasteiger partial charge in [0.05, 0.1) is 37.4 Å². The van der Waals surface area contributed by atoms with E-state index in [9.17, 15) is 24.0 Å². The molecule has 3 aromatic carbocycles. The molecule has 0 N–H and O–H groups in total. The average molecular weight is 695 g/mol. The molecule has 51 heavy (non-hydrogen) atoms. The van der Waals surface area contributed by atoms with E-state index in [2.05, 4.69) is 0 Å². The molecule has 2 heterocycles. The third-order valence-corrected chi connectivity index (χ3v) is 9.76. The van der Waals surface area contributed by atoms with Gasteiger partial charge >= 0.3 is 23.9 Å². The summed E-state index contributed by atoms with van der Waals surface area (Å²) in [6, 6.07) is 22.0. The average Bonchev–Trinajstić information content (AvgIpc) is 3.64. The van der Waals surface area contributed by atoms with E-state index >= 15 is 0 Å². The number of rotatable bonds is 18. The minimum atomic E-state index is -0.731. The molecule has 10 nitrogen and oxygen atoms in total. The molecule has 2 aliphatic heterocycles. The van der Waals surface area contributed by atoms with Crippen molar-refractivity contribution in [1.82, 2.24) is 0 Å². The number of hydrogen-bond acceptors (Lipinski definition) is 10. The predicted octanol–water partition coefficient (Wildman–Crippen LogP) is 7.45. The van der Waals surface area contributed by atoms with Gasteiger partial charge in [0.2, 0.25) is 0 Å². The Kier molecular flexibility index (Phi) is 12.1. The highest BCUT2D eigenvalue weighted by molar-refractivity contribution is 6.06. The van der Waals surface area contributed by atoms with E-state index in [4.69, 9.17) is 24.0 Å². The SMILES string of the molecule is O=C1CC(C2CC3C(=O)OC(=O)C3c3cc(OCCCCCCCCCCOOc4ccc(/C=C/C(=O)c5ccccc5)cc4)ccc32)C(=O)O1. The molecule has 0 amide bonds. The van der Waals surface area contributed by atoms with Crippen molar-refractivity contribution in [3.8, 4) is 11.5 Å². The van der Waals surface area contributed by atoms with Crippen LogP contribution in [0.15, 0.2) is 78.9 Å². The summed E-state index contributed by atoms with van der Waals surface area (Å²) in [5.74, 6) is -3.68. The Morgan fingerprint density at radius 1 is 0.667 bits per heavy atom. The Bertz CT molecular complexity index is 1750. The quantitative estimate of drug-likeness (QED) is 0.0252. The normalized spacial score (nSPS) is 20.9. The van der Waals surface area contributed by atoms with Crippen LogP contribution < -0.4 is 9.62 Å².